The van der Waals surface area contributed by atoms with E-state index in [-0.39, 0.29) is 5.91 Å². The molecule has 2 aromatic carbocycles. The number of thiazole rings is 2. The van der Waals surface area contributed by atoms with Crippen molar-refractivity contribution in [1.82, 2.24) is 15.0 Å². The van der Waals surface area contributed by atoms with E-state index in [1.807, 2.05) is 19.1 Å². The summed E-state index contributed by atoms with van der Waals surface area (Å²) in [5.74, 6) is 0.218. The number of aryl methyl sites for hydroxylation is 3. The van der Waals surface area contributed by atoms with Crippen molar-refractivity contribution in [3.8, 4) is 21.1 Å². The van der Waals surface area contributed by atoms with E-state index in [9.17, 15) is 4.79 Å². The average molecular weight is 475 g/mol. The molecule has 2 aromatic heterocycles. The van der Waals surface area contributed by atoms with E-state index in [0.717, 1.165) is 36.6 Å². The molecule has 0 aliphatic carbocycles. The Morgan fingerprint density at radius 3 is 2.12 bits per heavy atom. The van der Waals surface area contributed by atoms with Gasteiger partial charge < -0.3 is 4.74 Å². The molecule has 0 bridgehead atoms. The van der Waals surface area contributed by atoms with Crippen molar-refractivity contribution in [2.45, 2.75) is 33.9 Å². The van der Waals surface area contributed by atoms with Crippen LogP contribution in [0.25, 0.3) is 21.1 Å². The number of carbonyl (C=O) groups excluding carboxylic acids is 1. The first-order valence-electron chi connectivity index (χ1n) is 10.5. The molecule has 5 rings (SSSR count). The fraction of sp³-hybridized carbons (Fsp3) is 0.200. The van der Waals surface area contributed by atoms with Crippen molar-refractivity contribution in [3.05, 3.63) is 81.3 Å². The number of amides is 1. The lowest BCUT2D eigenvalue weighted by Crippen LogP contribution is -2.24. The number of hydrogen-bond acceptors (Lipinski definition) is 7. The van der Waals surface area contributed by atoms with Crippen LogP contribution in [0.3, 0.4) is 0 Å². The standard InChI is InChI=1S/C25H22N4O2S2/c1-14-5-9-18(10-6-14)23-26-13-20(32-23)25-29(17(4)30)28-22(31-25)21-16(3)27-24(33-21)19-11-7-15(2)8-12-19/h5-13,25H,1-4H3. The van der Waals surface area contributed by atoms with Gasteiger partial charge in [0.25, 0.3) is 5.90 Å². The second-order valence-electron chi connectivity index (χ2n) is 7.97. The Bertz CT molecular complexity index is 1350. The van der Waals surface area contributed by atoms with Gasteiger partial charge in [-0.2, -0.15) is 5.01 Å². The Kier molecular flexibility index (Phi) is 5.55. The van der Waals surface area contributed by atoms with E-state index < -0.39 is 6.23 Å². The van der Waals surface area contributed by atoms with Crippen LogP contribution < -0.4 is 0 Å². The molecule has 1 atom stereocenters. The SMILES string of the molecule is CC(=O)N1N=C(c2sc(-c3ccc(C)cc3)nc2C)OC1c1cnc(-c2ccc(C)cc2)s1. The normalized spacial score (nSPS) is 15.5. The monoisotopic (exact) mass is 474 g/mol. The van der Waals surface area contributed by atoms with Crippen LogP contribution in [0.15, 0.2) is 59.8 Å². The van der Waals surface area contributed by atoms with E-state index in [2.05, 4.69) is 60.3 Å². The van der Waals surface area contributed by atoms with Crippen LogP contribution in [-0.4, -0.2) is 26.8 Å². The zero-order chi connectivity index (χ0) is 23.1. The fourth-order valence-corrected chi connectivity index (χ4v) is 5.42. The third-order valence-corrected chi connectivity index (χ3v) is 7.59. The van der Waals surface area contributed by atoms with Crippen LogP contribution in [-0.2, 0) is 9.53 Å². The largest absolute Gasteiger partial charge is 0.444 e. The lowest BCUT2D eigenvalue weighted by molar-refractivity contribution is -0.135. The van der Waals surface area contributed by atoms with Gasteiger partial charge in [0.1, 0.15) is 14.9 Å². The molecule has 0 spiro atoms. The van der Waals surface area contributed by atoms with Gasteiger partial charge in [-0.3, -0.25) is 4.79 Å². The predicted molar refractivity (Wildman–Crippen MR) is 132 cm³/mol. The van der Waals surface area contributed by atoms with Crippen molar-refractivity contribution in [2.24, 2.45) is 5.10 Å². The molecule has 8 heteroatoms. The smallest absolute Gasteiger partial charge is 0.253 e. The molecule has 3 heterocycles. The summed E-state index contributed by atoms with van der Waals surface area (Å²) in [6.45, 7) is 7.54. The molecule has 0 N–H and O–H groups in total. The second-order valence-corrected chi connectivity index (χ2v) is 10.0. The molecule has 6 nitrogen and oxygen atoms in total. The van der Waals surface area contributed by atoms with Crippen LogP contribution in [0.4, 0.5) is 0 Å². The molecule has 1 aliphatic rings. The summed E-state index contributed by atoms with van der Waals surface area (Å²) >= 11 is 3.01. The number of hydrogen-bond donors (Lipinski definition) is 0. The second kappa shape index (κ2) is 8.53. The molecule has 1 amide bonds. The molecule has 0 saturated heterocycles. The molecular weight excluding hydrogens is 452 g/mol. The highest BCUT2D eigenvalue weighted by molar-refractivity contribution is 7.17. The van der Waals surface area contributed by atoms with Gasteiger partial charge in [-0.15, -0.1) is 27.8 Å². The minimum atomic E-state index is -0.640. The van der Waals surface area contributed by atoms with Crippen LogP contribution in [0.1, 0.15) is 39.7 Å². The number of aromatic nitrogens is 2. The third-order valence-electron chi connectivity index (χ3n) is 5.32. The van der Waals surface area contributed by atoms with Gasteiger partial charge >= 0.3 is 0 Å². The maximum Gasteiger partial charge on any atom is 0.253 e. The number of rotatable bonds is 4. The third kappa shape index (κ3) is 4.19. The summed E-state index contributed by atoms with van der Waals surface area (Å²) in [5.41, 5.74) is 5.30. The zero-order valence-corrected chi connectivity index (χ0v) is 20.3. The summed E-state index contributed by atoms with van der Waals surface area (Å²) in [7, 11) is 0. The van der Waals surface area contributed by atoms with Gasteiger partial charge in [-0.25, -0.2) is 9.97 Å². The molecule has 0 saturated carbocycles. The maximum absolute atomic E-state index is 12.4. The molecular formula is C25H22N4O2S2. The first-order valence-corrected chi connectivity index (χ1v) is 12.1. The Hall–Kier alpha value is -3.36. The predicted octanol–water partition coefficient (Wildman–Crippen LogP) is 6.10. The summed E-state index contributed by atoms with van der Waals surface area (Å²) in [4.78, 5) is 23.3. The van der Waals surface area contributed by atoms with E-state index in [0.29, 0.717) is 5.90 Å². The topological polar surface area (TPSA) is 67.7 Å². The Balaban J connectivity index is 1.44. The van der Waals surface area contributed by atoms with Crippen molar-refractivity contribution in [2.75, 3.05) is 0 Å². The van der Waals surface area contributed by atoms with Crippen LogP contribution >= 0.6 is 22.7 Å². The van der Waals surface area contributed by atoms with Crippen molar-refractivity contribution < 1.29 is 9.53 Å². The Morgan fingerprint density at radius 1 is 0.909 bits per heavy atom. The average Bonchev–Trinajstić information content (AvgIpc) is 3.52. The Labute approximate surface area is 200 Å². The van der Waals surface area contributed by atoms with Gasteiger partial charge in [-0.1, -0.05) is 59.7 Å². The highest BCUT2D eigenvalue weighted by Crippen LogP contribution is 2.38. The van der Waals surface area contributed by atoms with Crippen LogP contribution in [0.2, 0.25) is 0 Å². The summed E-state index contributed by atoms with van der Waals surface area (Å²) in [5, 5.41) is 7.67. The summed E-state index contributed by atoms with van der Waals surface area (Å²) in [6, 6.07) is 16.5. The van der Waals surface area contributed by atoms with E-state index in [1.165, 1.54) is 45.7 Å². The van der Waals surface area contributed by atoms with Crippen molar-refractivity contribution in [1.29, 1.82) is 0 Å². The molecule has 1 unspecified atom stereocenters. The van der Waals surface area contributed by atoms with Crippen LogP contribution in [0.5, 0.6) is 0 Å². The fourth-order valence-electron chi connectivity index (χ4n) is 3.49. The number of nitrogens with zero attached hydrogens (tertiary/aromatic N) is 4. The maximum atomic E-state index is 12.4. The van der Waals surface area contributed by atoms with Gasteiger partial charge in [0, 0.05) is 24.2 Å². The number of ether oxygens (including phenoxy) is 1. The van der Waals surface area contributed by atoms with Crippen molar-refractivity contribution in [3.63, 3.8) is 0 Å². The highest BCUT2D eigenvalue weighted by Gasteiger charge is 2.36. The molecule has 0 radical (unpaired) electrons. The van der Waals surface area contributed by atoms with E-state index in [4.69, 9.17) is 9.72 Å². The Morgan fingerprint density at radius 2 is 1.52 bits per heavy atom. The molecule has 1 aliphatic heterocycles. The lowest BCUT2D eigenvalue weighted by Gasteiger charge is -2.16. The van der Waals surface area contributed by atoms with Gasteiger partial charge in [0.05, 0.1) is 10.6 Å². The molecule has 0 fully saturated rings. The van der Waals surface area contributed by atoms with Gasteiger partial charge in [0.2, 0.25) is 12.1 Å². The highest BCUT2D eigenvalue weighted by atomic mass is 32.1. The molecule has 166 valence electrons. The number of hydrazone groups is 1. The van der Waals surface area contributed by atoms with E-state index >= 15 is 0 Å². The number of benzene rings is 2. The number of carbonyl (C=O) groups is 1. The first kappa shape index (κ1) is 21.5. The quantitative estimate of drug-likeness (QED) is 0.358. The van der Waals surface area contributed by atoms with Crippen LogP contribution in [0, 0.1) is 20.8 Å². The van der Waals surface area contributed by atoms with Gasteiger partial charge in [-0.05, 0) is 20.8 Å². The first-order chi connectivity index (χ1) is 15.9. The molecule has 4 aromatic rings. The zero-order valence-electron chi connectivity index (χ0n) is 18.7. The van der Waals surface area contributed by atoms with E-state index in [1.54, 1.807) is 6.20 Å². The molecule has 33 heavy (non-hydrogen) atoms. The lowest BCUT2D eigenvalue weighted by atomic mass is 10.2. The summed E-state index contributed by atoms with van der Waals surface area (Å²) in [6.07, 6.45) is 1.12. The minimum absolute atomic E-state index is 0.193. The summed E-state index contributed by atoms with van der Waals surface area (Å²) < 4.78 is 6.22. The van der Waals surface area contributed by atoms with Gasteiger partial charge in [0.15, 0.2) is 0 Å². The van der Waals surface area contributed by atoms with Crippen molar-refractivity contribution >= 4 is 34.5 Å². The minimum Gasteiger partial charge on any atom is -0.444 e.